The minimum Gasteiger partial charge on any atom is -0.505 e. The number of hydrogen-bond acceptors (Lipinski definition) is 3. The zero-order valence-electron chi connectivity index (χ0n) is 11.5. The maximum atomic E-state index is 13.1. The zero-order chi connectivity index (χ0) is 15.1. The van der Waals surface area contributed by atoms with Gasteiger partial charge >= 0.3 is 0 Å². The largest absolute Gasteiger partial charge is 0.505 e. The molecule has 1 amide bonds. The SMILES string of the molecule is O=C(CNCc1cccc(F)c1O)NCc1ccccc1. The predicted octanol–water partition coefficient (Wildman–Crippen LogP) is 1.94. The van der Waals surface area contributed by atoms with Crippen LogP contribution in [-0.2, 0) is 17.9 Å². The highest BCUT2D eigenvalue weighted by Gasteiger charge is 2.07. The molecule has 0 saturated heterocycles. The number of carbonyl (C=O) groups is 1. The van der Waals surface area contributed by atoms with Gasteiger partial charge in [-0.3, -0.25) is 4.79 Å². The van der Waals surface area contributed by atoms with Crippen LogP contribution >= 0.6 is 0 Å². The van der Waals surface area contributed by atoms with Crippen molar-refractivity contribution in [1.29, 1.82) is 0 Å². The average Bonchev–Trinajstić information content (AvgIpc) is 2.50. The number of rotatable bonds is 6. The van der Waals surface area contributed by atoms with Crippen molar-refractivity contribution in [2.75, 3.05) is 6.54 Å². The van der Waals surface area contributed by atoms with Crippen molar-refractivity contribution in [2.45, 2.75) is 13.1 Å². The Kier molecular flexibility index (Phi) is 5.29. The van der Waals surface area contributed by atoms with Gasteiger partial charge < -0.3 is 15.7 Å². The molecule has 3 N–H and O–H groups in total. The topological polar surface area (TPSA) is 61.4 Å². The van der Waals surface area contributed by atoms with E-state index < -0.39 is 5.82 Å². The molecule has 0 heterocycles. The highest BCUT2D eigenvalue weighted by atomic mass is 19.1. The lowest BCUT2D eigenvalue weighted by atomic mass is 10.2. The third-order valence-corrected chi connectivity index (χ3v) is 3.00. The molecule has 21 heavy (non-hydrogen) atoms. The fourth-order valence-corrected chi connectivity index (χ4v) is 1.87. The molecule has 0 radical (unpaired) electrons. The summed E-state index contributed by atoms with van der Waals surface area (Å²) in [6.07, 6.45) is 0. The molecule has 5 heteroatoms. The molecule has 0 bridgehead atoms. The summed E-state index contributed by atoms with van der Waals surface area (Å²) < 4.78 is 13.1. The molecule has 2 rings (SSSR count). The fourth-order valence-electron chi connectivity index (χ4n) is 1.87. The number of benzene rings is 2. The number of carbonyl (C=O) groups excluding carboxylic acids is 1. The third-order valence-electron chi connectivity index (χ3n) is 3.00. The van der Waals surface area contributed by atoms with Crippen molar-refractivity contribution < 1.29 is 14.3 Å². The van der Waals surface area contributed by atoms with E-state index >= 15 is 0 Å². The van der Waals surface area contributed by atoms with E-state index in [1.54, 1.807) is 6.07 Å². The molecule has 0 atom stereocenters. The van der Waals surface area contributed by atoms with Crippen LogP contribution < -0.4 is 10.6 Å². The van der Waals surface area contributed by atoms with Gasteiger partial charge in [0, 0.05) is 18.7 Å². The van der Waals surface area contributed by atoms with Gasteiger partial charge in [0.2, 0.25) is 5.91 Å². The summed E-state index contributed by atoms with van der Waals surface area (Å²) in [7, 11) is 0. The molecule has 2 aromatic carbocycles. The lowest BCUT2D eigenvalue weighted by molar-refractivity contribution is -0.120. The van der Waals surface area contributed by atoms with E-state index in [0.717, 1.165) is 5.56 Å². The Labute approximate surface area is 122 Å². The summed E-state index contributed by atoms with van der Waals surface area (Å²) in [5.74, 6) is -1.20. The second kappa shape index (κ2) is 7.40. The average molecular weight is 288 g/mol. The predicted molar refractivity (Wildman–Crippen MR) is 78.1 cm³/mol. The maximum absolute atomic E-state index is 13.1. The van der Waals surface area contributed by atoms with E-state index in [9.17, 15) is 14.3 Å². The van der Waals surface area contributed by atoms with Gasteiger partial charge in [-0.15, -0.1) is 0 Å². The molecular formula is C16H17FN2O2. The lowest BCUT2D eigenvalue weighted by Crippen LogP contribution is -2.33. The first-order valence-corrected chi connectivity index (χ1v) is 6.64. The fraction of sp³-hybridized carbons (Fsp3) is 0.188. The van der Waals surface area contributed by atoms with E-state index in [2.05, 4.69) is 10.6 Å². The van der Waals surface area contributed by atoms with Gasteiger partial charge in [-0.2, -0.15) is 0 Å². The Hall–Kier alpha value is -2.40. The number of phenolic OH excluding ortho intramolecular Hbond substituents is 1. The summed E-state index contributed by atoms with van der Waals surface area (Å²) >= 11 is 0. The number of nitrogens with one attached hydrogen (secondary N) is 2. The molecule has 4 nitrogen and oxygen atoms in total. The van der Waals surface area contributed by atoms with Gasteiger partial charge in [-0.05, 0) is 11.6 Å². The summed E-state index contributed by atoms with van der Waals surface area (Å²) in [6.45, 7) is 0.789. The molecule has 0 unspecified atom stereocenters. The second-order valence-electron chi connectivity index (χ2n) is 4.61. The first-order valence-electron chi connectivity index (χ1n) is 6.64. The number of hydrogen-bond donors (Lipinski definition) is 3. The molecule has 110 valence electrons. The van der Waals surface area contributed by atoms with Gasteiger partial charge in [0.25, 0.3) is 0 Å². The molecule has 2 aromatic rings. The van der Waals surface area contributed by atoms with Crippen molar-refractivity contribution in [3.8, 4) is 5.75 Å². The normalized spacial score (nSPS) is 10.3. The first kappa shape index (κ1) is 15.0. The molecule has 0 saturated carbocycles. The van der Waals surface area contributed by atoms with E-state index in [1.165, 1.54) is 12.1 Å². The summed E-state index contributed by atoms with van der Waals surface area (Å²) in [5, 5.41) is 15.1. The minimum atomic E-state index is -0.664. The Balaban J connectivity index is 1.73. The quantitative estimate of drug-likeness (QED) is 0.761. The van der Waals surface area contributed by atoms with Crippen molar-refractivity contribution in [3.05, 3.63) is 65.5 Å². The standard InChI is InChI=1S/C16H17FN2O2/c17-14-8-4-7-13(16(14)21)10-18-11-15(20)19-9-12-5-2-1-3-6-12/h1-8,18,21H,9-11H2,(H,19,20). The molecule has 0 spiro atoms. The van der Waals surface area contributed by atoms with E-state index in [0.29, 0.717) is 12.1 Å². The van der Waals surface area contributed by atoms with E-state index in [4.69, 9.17) is 0 Å². The van der Waals surface area contributed by atoms with Crippen molar-refractivity contribution in [3.63, 3.8) is 0 Å². The van der Waals surface area contributed by atoms with Crippen LogP contribution in [0.4, 0.5) is 4.39 Å². The summed E-state index contributed by atoms with van der Waals surface area (Å²) in [6, 6.07) is 13.9. The number of phenols is 1. The number of amides is 1. The van der Waals surface area contributed by atoms with Crippen molar-refractivity contribution in [1.82, 2.24) is 10.6 Å². The van der Waals surface area contributed by atoms with Gasteiger partial charge in [-0.25, -0.2) is 4.39 Å². The molecule has 0 fully saturated rings. The molecule has 0 aliphatic rings. The summed E-state index contributed by atoms with van der Waals surface area (Å²) in [5.41, 5.74) is 1.44. The van der Waals surface area contributed by atoms with Gasteiger partial charge in [0.1, 0.15) is 0 Å². The van der Waals surface area contributed by atoms with Crippen molar-refractivity contribution >= 4 is 5.91 Å². The Morgan fingerprint density at radius 1 is 1.05 bits per heavy atom. The zero-order valence-corrected chi connectivity index (χ0v) is 11.5. The molecule has 0 aliphatic heterocycles. The monoisotopic (exact) mass is 288 g/mol. The van der Waals surface area contributed by atoms with Crippen LogP contribution in [0.3, 0.4) is 0 Å². The first-order chi connectivity index (χ1) is 10.2. The molecule has 0 aliphatic carbocycles. The Bertz CT molecular complexity index is 602. The smallest absolute Gasteiger partial charge is 0.234 e. The third kappa shape index (κ3) is 4.57. The van der Waals surface area contributed by atoms with E-state index in [1.807, 2.05) is 30.3 Å². The van der Waals surface area contributed by atoms with Crippen LogP contribution in [0.2, 0.25) is 0 Å². The van der Waals surface area contributed by atoms with Crippen LogP contribution in [0.5, 0.6) is 5.75 Å². The second-order valence-corrected chi connectivity index (χ2v) is 4.61. The van der Waals surface area contributed by atoms with Crippen LogP contribution in [0.1, 0.15) is 11.1 Å². The van der Waals surface area contributed by atoms with Gasteiger partial charge in [-0.1, -0.05) is 42.5 Å². The van der Waals surface area contributed by atoms with Gasteiger partial charge in [0.15, 0.2) is 11.6 Å². The number of para-hydroxylation sites is 1. The molecule has 0 aromatic heterocycles. The highest BCUT2D eigenvalue weighted by Crippen LogP contribution is 2.19. The van der Waals surface area contributed by atoms with Crippen LogP contribution in [-0.4, -0.2) is 17.6 Å². The summed E-state index contributed by atoms with van der Waals surface area (Å²) in [4.78, 5) is 11.6. The lowest BCUT2D eigenvalue weighted by Gasteiger charge is -2.08. The Morgan fingerprint density at radius 3 is 2.57 bits per heavy atom. The minimum absolute atomic E-state index is 0.1000. The van der Waals surface area contributed by atoms with E-state index in [-0.39, 0.29) is 24.7 Å². The van der Waals surface area contributed by atoms with Gasteiger partial charge in [0.05, 0.1) is 6.54 Å². The van der Waals surface area contributed by atoms with Crippen LogP contribution in [0, 0.1) is 5.82 Å². The molecular weight excluding hydrogens is 271 g/mol. The highest BCUT2D eigenvalue weighted by molar-refractivity contribution is 5.77. The number of halogens is 1. The van der Waals surface area contributed by atoms with Crippen molar-refractivity contribution in [2.24, 2.45) is 0 Å². The van der Waals surface area contributed by atoms with Crippen LogP contribution in [0.25, 0.3) is 0 Å². The Morgan fingerprint density at radius 2 is 1.81 bits per heavy atom. The number of aromatic hydroxyl groups is 1. The maximum Gasteiger partial charge on any atom is 0.234 e. The van der Waals surface area contributed by atoms with Crippen LogP contribution in [0.15, 0.2) is 48.5 Å².